The Labute approximate surface area is 68.7 Å². The number of allylic oxidation sites excluding steroid dienone is 1. The van der Waals surface area contributed by atoms with Crippen LogP contribution < -0.4 is 0 Å². The van der Waals surface area contributed by atoms with E-state index in [1.807, 2.05) is 6.08 Å². The standard InChI is InChI=1S/C8H15PS/c1-2-3-6-9(10)7-4-5-8-9/h2H,1,3-8H2. The minimum atomic E-state index is -0.824. The highest BCUT2D eigenvalue weighted by molar-refractivity contribution is 8.14. The first kappa shape index (κ1) is 8.49. The van der Waals surface area contributed by atoms with E-state index < -0.39 is 6.04 Å². The molecule has 0 amide bonds. The van der Waals surface area contributed by atoms with Crippen molar-refractivity contribution < 1.29 is 0 Å². The molecule has 1 aliphatic rings. The van der Waals surface area contributed by atoms with Crippen LogP contribution in [0.5, 0.6) is 0 Å². The summed E-state index contributed by atoms with van der Waals surface area (Å²) in [5.74, 6) is 0. The molecule has 0 saturated carbocycles. The fraction of sp³-hybridized carbons (Fsp3) is 0.750. The first-order valence-electron chi connectivity index (χ1n) is 3.95. The van der Waals surface area contributed by atoms with E-state index in [1.54, 1.807) is 0 Å². The van der Waals surface area contributed by atoms with Gasteiger partial charge in [0.2, 0.25) is 0 Å². The fourth-order valence-electron chi connectivity index (χ4n) is 1.46. The third-order valence-corrected chi connectivity index (χ3v) is 7.10. The van der Waals surface area contributed by atoms with Crippen LogP contribution in [0.1, 0.15) is 19.3 Å². The molecule has 0 aromatic carbocycles. The van der Waals surface area contributed by atoms with Crippen molar-refractivity contribution in [3.05, 3.63) is 12.7 Å². The van der Waals surface area contributed by atoms with Gasteiger partial charge < -0.3 is 0 Å². The van der Waals surface area contributed by atoms with Gasteiger partial charge in [0.15, 0.2) is 0 Å². The third-order valence-electron chi connectivity index (χ3n) is 2.12. The van der Waals surface area contributed by atoms with Gasteiger partial charge in [0, 0.05) is 0 Å². The van der Waals surface area contributed by atoms with Crippen molar-refractivity contribution in [2.24, 2.45) is 0 Å². The van der Waals surface area contributed by atoms with Gasteiger partial charge in [-0.25, -0.2) is 0 Å². The number of rotatable bonds is 3. The SMILES string of the molecule is C=CCCP1(=S)CCCC1. The van der Waals surface area contributed by atoms with Crippen molar-refractivity contribution in [2.45, 2.75) is 19.3 Å². The monoisotopic (exact) mass is 174 g/mol. The summed E-state index contributed by atoms with van der Waals surface area (Å²) in [6, 6.07) is -0.824. The van der Waals surface area contributed by atoms with Gasteiger partial charge in [0.25, 0.3) is 0 Å². The Morgan fingerprint density at radius 1 is 1.40 bits per heavy atom. The van der Waals surface area contributed by atoms with Gasteiger partial charge in [-0.3, -0.25) is 0 Å². The molecule has 0 radical (unpaired) electrons. The molecule has 2 heteroatoms. The zero-order valence-electron chi connectivity index (χ0n) is 6.38. The molecule has 0 bridgehead atoms. The highest BCUT2D eigenvalue weighted by Crippen LogP contribution is 2.52. The van der Waals surface area contributed by atoms with E-state index >= 15 is 0 Å². The molecule has 0 spiro atoms. The van der Waals surface area contributed by atoms with Crippen molar-refractivity contribution in [1.82, 2.24) is 0 Å². The molecule has 1 saturated heterocycles. The summed E-state index contributed by atoms with van der Waals surface area (Å²) in [4.78, 5) is 0. The van der Waals surface area contributed by atoms with Crippen molar-refractivity contribution in [3.8, 4) is 0 Å². The smallest absolute Gasteiger partial charge is 0.0200 e. The lowest BCUT2D eigenvalue weighted by atomic mass is 10.4. The maximum Gasteiger partial charge on any atom is -0.0200 e. The van der Waals surface area contributed by atoms with Crippen molar-refractivity contribution >= 4 is 17.8 Å². The summed E-state index contributed by atoms with van der Waals surface area (Å²) in [6.07, 6.45) is 9.98. The molecule has 0 aromatic heterocycles. The predicted octanol–water partition coefficient (Wildman–Crippen LogP) is 2.84. The molecule has 0 N–H and O–H groups in total. The minimum Gasteiger partial charge on any atom is -0.103 e. The summed E-state index contributed by atoms with van der Waals surface area (Å²) in [6.45, 7) is 3.72. The second-order valence-corrected chi connectivity index (χ2v) is 8.80. The molecule has 58 valence electrons. The van der Waals surface area contributed by atoms with Crippen LogP contribution in [-0.2, 0) is 11.8 Å². The highest BCUT2D eigenvalue weighted by atomic mass is 32.4. The molecule has 0 unspecified atom stereocenters. The van der Waals surface area contributed by atoms with E-state index in [0.29, 0.717) is 0 Å². The van der Waals surface area contributed by atoms with Crippen LogP contribution in [0.4, 0.5) is 0 Å². The first-order chi connectivity index (χ1) is 4.77. The predicted molar refractivity (Wildman–Crippen MR) is 52.9 cm³/mol. The second-order valence-electron chi connectivity index (χ2n) is 3.01. The summed E-state index contributed by atoms with van der Waals surface area (Å²) >= 11 is 5.60. The zero-order chi connectivity index (χ0) is 7.45. The van der Waals surface area contributed by atoms with E-state index in [2.05, 4.69) is 6.58 Å². The lowest BCUT2D eigenvalue weighted by Gasteiger charge is -2.12. The molecule has 0 nitrogen and oxygen atoms in total. The van der Waals surface area contributed by atoms with Gasteiger partial charge in [-0.15, -0.1) is 6.58 Å². The summed E-state index contributed by atoms with van der Waals surface area (Å²) in [7, 11) is 0. The molecule has 0 aliphatic carbocycles. The molecule has 1 rings (SSSR count). The molecule has 0 aromatic rings. The third kappa shape index (κ3) is 2.21. The normalized spacial score (nSPS) is 22.8. The largest absolute Gasteiger partial charge is 0.103 e. The van der Waals surface area contributed by atoms with Gasteiger partial charge in [-0.2, -0.15) is 0 Å². The molecule has 10 heavy (non-hydrogen) atoms. The average Bonchev–Trinajstić information content (AvgIpc) is 2.33. The molecule has 1 heterocycles. The van der Waals surface area contributed by atoms with E-state index in [-0.39, 0.29) is 0 Å². The maximum absolute atomic E-state index is 5.60. The van der Waals surface area contributed by atoms with Crippen molar-refractivity contribution in [1.29, 1.82) is 0 Å². The Morgan fingerprint density at radius 2 is 2.00 bits per heavy atom. The van der Waals surface area contributed by atoms with Crippen LogP contribution in [0.15, 0.2) is 12.7 Å². The van der Waals surface area contributed by atoms with Crippen LogP contribution in [0.25, 0.3) is 0 Å². The quantitative estimate of drug-likeness (QED) is 0.468. The molecule has 1 aliphatic heterocycles. The summed E-state index contributed by atoms with van der Waals surface area (Å²) in [5, 5.41) is 0. The van der Waals surface area contributed by atoms with Gasteiger partial charge in [-0.1, -0.05) is 17.9 Å². The second kappa shape index (κ2) is 3.69. The Balaban J connectivity index is 2.36. The number of hydrogen-bond donors (Lipinski definition) is 0. The van der Waals surface area contributed by atoms with Crippen molar-refractivity contribution in [2.75, 3.05) is 18.5 Å². The summed E-state index contributed by atoms with van der Waals surface area (Å²) in [5.41, 5.74) is 0. The Hall–Kier alpha value is 0.390. The molecular formula is C8H15PS. The van der Waals surface area contributed by atoms with Crippen LogP contribution in [-0.4, -0.2) is 18.5 Å². The zero-order valence-corrected chi connectivity index (χ0v) is 8.09. The van der Waals surface area contributed by atoms with E-state index in [4.69, 9.17) is 11.8 Å². The van der Waals surface area contributed by atoms with Crippen LogP contribution in [0, 0.1) is 0 Å². The fourth-order valence-corrected chi connectivity index (χ4v) is 5.48. The average molecular weight is 174 g/mol. The Bertz CT molecular complexity index is 153. The summed E-state index contributed by atoms with van der Waals surface area (Å²) < 4.78 is 0. The van der Waals surface area contributed by atoms with Gasteiger partial charge >= 0.3 is 0 Å². The Morgan fingerprint density at radius 3 is 2.50 bits per heavy atom. The van der Waals surface area contributed by atoms with E-state index in [0.717, 1.165) is 6.42 Å². The van der Waals surface area contributed by atoms with Gasteiger partial charge in [0.1, 0.15) is 0 Å². The topological polar surface area (TPSA) is 0 Å². The first-order valence-corrected chi connectivity index (χ1v) is 7.31. The Kier molecular flexibility index (Phi) is 3.13. The lowest BCUT2D eigenvalue weighted by molar-refractivity contribution is 0.949. The molecular weight excluding hydrogens is 159 g/mol. The lowest BCUT2D eigenvalue weighted by Crippen LogP contribution is -1.88. The maximum atomic E-state index is 5.60. The van der Waals surface area contributed by atoms with Crippen LogP contribution in [0.3, 0.4) is 0 Å². The molecule has 1 fully saturated rings. The van der Waals surface area contributed by atoms with Crippen molar-refractivity contribution in [3.63, 3.8) is 0 Å². The number of hydrogen-bond acceptors (Lipinski definition) is 1. The van der Waals surface area contributed by atoms with Crippen LogP contribution >= 0.6 is 6.04 Å². The van der Waals surface area contributed by atoms with E-state index in [9.17, 15) is 0 Å². The minimum absolute atomic E-state index is 0.824. The van der Waals surface area contributed by atoms with E-state index in [1.165, 1.54) is 31.3 Å². The van der Waals surface area contributed by atoms with Gasteiger partial charge in [0.05, 0.1) is 0 Å². The molecule has 0 atom stereocenters. The van der Waals surface area contributed by atoms with Gasteiger partial charge in [-0.05, 0) is 43.8 Å². The van der Waals surface area contributed by atoms with Crippen LogP contribution in [0.2, 0.25) is 0 Å². The highest BCUT2D eigenvalue weighted by Gasteiger charge is 2.20.